The molecule has 1 aromatic carbocycles. The summed E-state index contributed by atoms with van der Waals surface area (Å²) in [5.74, 6) is -0.224. The molecule has 1 aromatic rings. The molecule has 0 saturated carbocycles. The molecule has 0 aromatic heterocycles. The van der Waals surface area contributed by atoms with Crippen LogP contribution in [0.1, 0.15) is 25.3 Å². The van der Waals surface area contributed by atoms with Crippen LogP contribution in [0.15, 0.2) is 24.3 Å². The molecule has 0 aliphatic carbocycles. The van der Waals surface area contributed by atoms with Gasteiger partial charge in [-0.15, -0.1) is 0 Å². The SMILES string of the molecule is CNC(=O)C1CCN([C@H](C)C(=O)N(C)CC(=O)Nc2ccc(C)cc2)CC1. The van der Waals surface area contributed by atoms with E-state index in [1.807, 2.05) is 38.1 Å². The van der Waals surface area contributed by atoms with Crippen LogP contribution in [0.25, 0.3) is 0 Å². The number of rotatable bonds is 6. The first-order valence-corrected chi connectivity index (χ1v) is 9.39. The number of benzene rings is 1. The van der Waals surface area contributed by atoms with Crippen molar-refractivity contribution < 1.29 is 14.4 Å². The number of hydrogen-bond acceptors (Lipinski definition) is 4. The first kappa shape index (κ1) is 20.9. The van der Waals surface area contributed by atoms with Gasteiger partial charge in [-0.05, 0) is 51.9 Å². The Hall–Kier alpha value is -2.41. The van der Waals surface area contributed by atoms with Gasteiger partial charge in [0.1, 0.15) is 0 Å². The maximum absolute atomic E-state index is 12.7. The molecule has 1 aliphatic heterocycles. The Morgan fingerprint density at radius 2 is 1.78 bits per heavy atom. The summed E-state index contributed by atoms with van der Waals surface area (Å²) in [4.78, 5) is 40.1. The molecular weight excluding hydrogens is 344 g/mol. The largest absolute Gasteiger partial charge is 0.359 e. The molecule has 3 amide bonds. The summed E-state index contributed by atoms with van der Waals surface area (Å²) < 4.78 is 0. The summed E-state index contributed by atoms with van der Waals surface area (Å²) in [6.45, 7) is 5.25. The lowest BCUT2D eigenvalue weighted by molar-refractivity contribution is -0.138. The third kappa shape index (κ3) is 5.79. The van der Waals surface area contributed by atoms with Crippen molar-refractivity contribution in [2.24, 2.45) is 5.92 Å². The van der Waals surface area contributed by atoms with Gasteiger partial charge in [0.05, 0.1) is 12.6 Å². The maximum Gasteiger partial charge on any atom is 0.243 e. The fraction of sp³-hybridized carbons (Fsp3) is 0.550. The van der Waals surface area contributed by atoms with Gasteiger partial charge in [0.15, 0.2) is 0 Å². The van der Waals surface area contributed by atoms with Crippen molar-refractivity contribution in [1.29, 1.82) is 0 Å². The molecule has 0 radical (unpaired) electrons. The van der Waals surface area contributed by atoms with E-state index in [4.69, 9.17) is 0 Å². The Kier molecular flexibility index (Phi) is 7.36. The minimum atomic E-state index is -0.312. The highest BCUT2D eigenvalue weighted by Gasteiger charge is 2.30. The number of piperidine rings is 1. The monoisotopic (exact) mass is 374 g/mol. The standard InChI is InChI=1S/C20H30N4O3/c1-14-5-7-17(8-6-14)22-18(25)13-23(4)20(27)15(2)24-11-9-16(10-12-24)19(26)21-3/h5-8,15-16H,9-13H2,1-4H3,(H,21,26)(H,22,25)/t15-/m1/s1. The summed E-state index contributed by atoms with van der Waals surface area (Å²) in [7, 11) is 3.29. The van der Waals surface area contributed by atoms with E-state index in [2.05, 4.69) is 15.5 Å². The number of likely N-dealkylation sites (N-methyl/N-ethyl adjacent to an activating group) is 1. The Balaban J connectivity index is 1.82. The Morgan fingerprint density at radius 1 is 1.19 bits per heavy atom. The third-order valence-electron chi connectivity index (χ3n) is 5.14. The van der Waals surface area contributed by atoms with E-state index < -0.39 is 0 Å². The molecule has 0 unspecified atom stereocenters. The highest BCUT2D eigenvalue weighted by molar-refractivity contribution is 5.95. The second-order valence-electron chi connectivity index (χ2n) is 7.21. The van der Waals surface area contributed by atoms with Crippen LogP contribution in [0.3, 0.4) is 0 Å². The minimum absolute atomic E-state index is 0.00571. The molecule has 0 bridgehead atoms. The summed E-state index contributed by atoms with van der Waals surface area (Å²) in [5, 5.41) is 5.49. The number of likely N-dealkylation sites (tertiary alicyclic amines) is 1. The van der Waals surface area contributed by atoms with Crippen molar-refractivity contribution in [1.82, 2.24) is 15.1 Å². The first-order valence-electron chi connectivity index (χ1n) is 9.39. The Bertz CT molecular complexity index is 666. The van der Waals surface area contributed by atoms with Crippen molar-refractivity contribution in [3.8, 4) is 0 Å². The highest BCUT2D eigenvalue weighted by Crippen LogP contribution is 2.19. The Morgan fingerprint density at radius 3 is 2.33 bits per heavy atom. The molecule has 2 N–H and O–H groups in total. The molecule has 1 saturated heterocycles. The van der Waals surface area contributed by atoms with Crippen molar-refractivity contribution in [3.63, 3.8) is 0 Å². The summed E-state index contributed by atoms with van der Waals surface area (Å²) in [6, 6.07) is 7.22. The van der Waals surface area contributed by atoms with Gasteiger partial charge in [-0.25, -0.2) is 0 Å². The number of hydrogen-bond donors (Lipinski definition) is 2. The van der Waals surface area contributed by atoms with E-state index >= 15 is 0 Å². The summed E-state index contributed by atoms with van der Waals surface area (Å²) in [5.41, 5.74) is 1.84. The van der Waals surface area contributed by atoms with Gasteiger partial charge >= 0.3 is 0 Å². The van der Waals surface area contributed by atoms with Gasteiger partial charge in [0.25, 0.3) is 0 Å². The molecule has 148 valence electrons. The van der Waals surface area contributed by atoms with E-state index in [9.17, 15) is 14.4 Å². The molecule has 1 heterocycles. The van der Waals surface area contributed by atoms with E-state index in [1.165, 1.54) is 4.90 Å². The topological polar surface area (TPSA) is 81.8 Å². The first-order chi connectivity index (χ1) is 12.8. The van der Waals surface area contributed by atoms with E-state index in [-0.39, 0.29) is 36.2 Å². The molecular formula is C20H30N4O3. The van der Waals surface area contributed by atoms with Gasteiger partial charge in [-0.2, -0.15) is 0 Å². The zero-order chi connectivity index (χ0) is 20.0. The molecule has 7 nitrogen and oxygen atoms in total. The second-order valence-corrected chi connectivity index (χ2v) is 7.21. The van der Waals surface area contributed by atoms with Crippen LogP contribution >= 0.6 is 0 Å². The zero-order valence-electron chi connectivity index (χ0n) is 16.6. The highest BCUT2D eigenvalue weighted by atomic mass is 16.2. The molecule has 1 aliphatic rings. The van der Waals surface area contributed by atoms with Crippen molar-refractivity contribution in [2.45, 2.75) is 32.7 Å². The average Bonchev–Trinajstić information content (AvgIpc) is 2.68. The van der Waals surface area contributed by atoms with Crippen LogP contribution in [-0.2, 0) is 14.4 Å². The van der Waals surface area contributed by atoms with Crippen molar-refractivity contribution >= 4 is 23.4 Å². The number of amides is 3. The van der Waals surface area contributed by atoms with E-state index in [0.29, 0.717) is 13.1 Å². The van der Waals surface area contributed by atoms with E-state index in [0.717, 1.165) is 24.1 Å². The van der Waals surface area contributed by atoms with Gasteiger partial charge in [-0.1, -0.05) is 17.7 Å². The Labute approximate surface area is 161 Å². The lowest BCUT2D eigenvalue weighted by Crippen LogP contribution is -2.51. The van der Waals surface area contributed by atoms with Crippen LogP contribution in [0.2, 0.25) is 0 Å². The zero-order valence-corrected chi connectivity index (χ0v) is 16.6. The molecule has 1 fully saturated rings. The number of anilines is 1. The maximum atomic E-state index is 12.7. The number of nitrogens with zero attached hydrogens (tertiary/aromatic N) is 2. The summed E-state index contributed by atoms with van der Waals surface area (Å²) >= 11 is 0. The number of carbonyl (C=O) groups is 3. The minimum Gasteiger partial charge on any atom is -0.359 e. The lowest BCUT2D eigenvalue weighted by Gasteiger charge is -2.36. The third-order valence-corrected chi connectivity index (χ3v) is 5.14. The number of carbonyl (C=O) groups excluding carboxylic acids is 3. The predicted octanol–water partition coefficient (Wildman–Crippen LogP) is 1.24. The molecule has 0 spiro atoms. The average molecular weight is 374 g/mol. The number of aryl methyl sites for hydroxylation is 1. The molecule has 7 heteroatoms. The van der Waals surface area contributed by atoms with Gasteiger partial charge in [-0.3, -0.25) is 19.3 Å². The normalized spacial score (nSPS) is 16.4. The fourth-order valence-electron chi connectivity index (χ4n) is 3.36. The van der Waals surface area contributed by atoms with Crippen LogP contribution in [0.4, 0.5) is 5.69 Å². The second kappa shape index (κ2) is 9.50. The fourth-order valence-corrected chi connectivity index (χ4v) is 3.36. The molecule has 1 atom stereocenters. The van der Waals surface area contributed by atoms with Crippen LogP contribution in [-0.4, -0.2) is 67.3 Å². The van der Waals surface area contributed by atoms with Crippen LogP contribution in [0.5, 0.6) is 0 Å². The smallest absolute Gasteiger partial charge is 0.243 e. The molecule has 2 rings (SSSR count). The van der Waals surface area contributed by atoms with Crippen LogP contribution in [0, 0.1) is 12.8 Å². The summed E-state index contributed by atoms with van der Waals surface area (Å²) in [6.07, 6.45) is 1.49. The van der Waals surface area contributed by atoms with Crippen LogP contribution < -0.4 is 10.6 Å². The van der Waals surface area contributed by atoms with Crippen molar-refractivity contribution in [2.75, 3.05) is 39.0 Å². The van der Waals surface area contributed by atoms with Crippen molar-refractivity contribution in [3.05, 3.63) is 29.8 Å². The number of nitrogens with one attached hydrogen (secondary N) is 2. The quantitative estimate of drug-likeness (QED) is 0.785. The van der Waals surface area contributed by atoms with E-state index in [1.54, 1.807) is 14.1 Å². The van der Waals surface area contributed by atoms with Gasteiger partial charge < -0.3 is 15.5 Å². The predicted molar refractivity (Wildman–Crippen MR) is 105 cm³/mol. The van der Waals surface area contributed by atoms with Gasteiger partial charge in [0, 0.05) is 25.7 Å². The lowest BCUT2D eigenvalue weighted by atomic mass is 9.95. The van der Waals surface area contributed by atoms with Gasteiger partial charge in [0.2, 0.25) is 17.7 Å². The molecule has 27 heavy (non-hydrogen) atoms.